The van der Waals surface area contributed by atoms with Gasteiger partial charge in [0.25, 0.3) is 0 Å². The molecular formula is C29H48O9. The largest absolute Gasteiger partial charge is 0.463 e. The standard InChI is InChI=1S/C29H48O9/c1-17(31)36-16-29(34)14-28-11-8-20-26(2,9-5-10-27(20,3)21(28)7-6-18(29)12-28)15-37-25-23(33)22(32)24(35-4)19(13-30)38-25/h18-25,30,32-34H,5-16H2,1-4H3. The number of hydrogen-bond donors (Lipinski definition) is 4. The molecule has 9 nitrogen and oxygen atoms in total. The van der Waals surface area contributed by atoms with Crippen LogP contribution in [-0.2, 0) is 23.7 Å². The number of esters is 1. The second-order valence-electron chi connectivity index (χ2n) is 13.8. The molecule has 0 radical (unpaired) electrons. The smallest absolute Gasteiger partial charge is 0.302 e. The van der Waals surface area contributed by atoms with Crippen LogP contribution < -0.4 is 0 Å². The molecule has 4 N–H and O–H groups in total. The summed E-state index contributed by atoms with van der Waals surface area (Å²) in [5, 5.41) is 42.6. The normalized spacial score (nSPS) is 52.2. The molecule has 218 valence electrons. The van der Waals surface area contributed by atoms with Crippen LogP contribution in [0.25, 0.3) is 0 Å². The molecule has 12 atom stereocenters. The maximum atomic E-state index is 11.6. The number of ether oxygens (including phenoxy) is 4. The first-order valence-corrected chi connectivity index (χ1v) is 14.5. The van der Waals surface area contributed by atoms with Gasteiger partial charge >= 0.3 is 5.97 Å². The van der Waals surface area contributed by atoms with Crippen LogP contribution in [-0.4, -0.2) is 89.6 Å². The summed E-state index contributed by atoms with van der Waals surface area (Å²) in [4.78, 5) is 11.5. The monoisotopic (exact) mass is 540 g/mol. The van der Waals surface area contributed by atoms with Gasteiger partial charge in [0.1, 0.15) is 36.6 Å². The summed E-state index contributed by atoms with van der Waals surface area (Å²) in [6, 6.07) is 0. The Bertz CT molecular complexity index is 882. The molecule has 5 fully saturated rings. The summed E-state index contributed by atoms with van der Waals surface area (Å²) in [6.45, 7) is 6.30. The number of carbonyl (C=O) groups excluding carboxylic acids is 1. The lowest BCUT2D eigenvalue weighted by Gasteiger charge is -2.64. The lowest BCUT2D eigenvalue weighted by Crippen LogP contribution is -2.61. The minimum absolute atomic E-state index is 0.0818. The molecule has 5 aliphatic rings. The molecule has 1 saturated heterocycles. The highest BCUT2D eigenvalue weighted by atomic mass is 16.7. The van der Waals surface area contributed by atoms with Gasteiger partial charge in [0.05, 0.1) is 13.2 Å². The van der Waals surface area contributed by atoms with Gasteiger partial charge in [-0.05, 0) is 85.4 Å². The third-order valence-electron chi connectivity index (χ3n) is 11.6. The summed E-state index contributed by atoms with van der Waals surface area (Å²) in [6.07, 6.45) is 4.01. The molecule has 0 aromatic carbocycles. The van der Waals surface area contributed by atoms with E-state index in [2.05, 4.69) is 13.8 Å². The van der Waals surface area contributed by atoms with Crippen LogP contribution in [0.4, 0.5) is 0 Å². The van der Waals surface area contributed by atoms with Crippen LogP contribution in [0.1, 0.15) is 78.6 Å². The number of carbonyl (C=O) groups is 1. The summed E-state index contributed by atoms with van der Waals surface area (Å²) < 4.78 is 22.6. The van der Waals surface area contributed by atoms with Crippen LogP contribution in [0, 0.1) is 34.0 Å². The number of aliphatic hydroxyl groups excluding tert-OH is 3. The molecule has 4 saturated carbocycles. The fraction of sp³-hybridized carbons (Fsp3) is 0.966. The fourth-order valence-corrected chi connectivity index (χ4v) is 10.1. The van der Waals surface area contributed by atoms with Crippen molar-refractivity contribution in [3.05, 3.63) is 0 Å². The van der Waals surface area contributed by atoms with Crippen molar-refractivity contribution < 1.29 is 44.2 Å². The fourth-order valence-electron chi connectivity index (χ4n) is 10.1. The van der Waals surface area contributed by atoms with E-state index in [4.69, 9.17) is 18.9 Å². The van der Waals surface area contributed by atoms with Gasteiger partial charge in [0.15, 0.2) is 6.29 Å². The van der Waals surface area contributed by atoms with Crippen molar-refractivity contribution in [3.63, 3.8) is 0 Å². The molecule has 12 unspecified atom stereocenters. The first kappa shape index (κ1) is 28.7. The van der Waals surface area contributed by atoms with Crippen LogP contribution in [0.3, 0.4) is 0 Å². The minimum atomic E-state index is -1.26. The third kappa shape index (κ3) is 4.54. The maximum absolute atomic E-state index is 11.6. The summed E-state index contributed by atoms with van der Waals surface area (Å²) >= 11 is 0. The van der Waals surface area contributed by atoms with Crippen LogP contribution in [0.5, 0.6) is 0 Å². The van der Waals surface area contributed by atoms with Crippen molar-refractivity contribution in [1.29, 1.82) is 0 Å². The third-order valence-corrected chi connectivity index (χ3v) is 11.6. The average Bonchev–Trinajstić information content (AvgIpc) is 3.08. The van der Waals surface area contributed by atoms with Crippen molar-refractivity contribution in [1.82, 2.24) is 0 Å². The number of aliphatic hydroxyl groups is 4. The highest BCUT2D eigenvalue weighted by Crippen LogP contribution is 2.73. The predicted octanol–water partition coefficient (Wildman–Crippen LogP) is 2.16. The lowest BCUT2D eigenvalue weighted by molar-refractivity contribution is -0.313. The van der Waals surface area contributed by atoms with E-state index in [9.17, 15) is 25.2 Å². The SMILES string of the molecule is COC1C(CO)OC(OCC2(C)CCCC3(C)C2CCC24CC(CCC23)C(O)(COC(C)=O)C4)C(O)C1O. The number of hydrogen-bond acceptors (Lipinski definition) is 9. The van der Waals surface area contributed by atoms with Gasteiger partial charge in [-0.25, -0.2) is 0 Å². The Labute approximate surface area is 226 Å². The van der Waals surface area contributed by atoms with Gasteiger partial charge in [-0.15, -0.1) is 0 Å². The molecule has 1 spiro atoms. The zero-order chi connectivity index (χ0) is 27.5. The van der Waals surface area contributed by atoms with Crippen molar-refractivity contribution in [2.24, 2.45) is 34.0 Å². The maximum Gasteiger partial charge on any atom is 0.302 e. The van der Waals surface area contributed by atoms with Gasteiger partial charge in [-0.1, -0.05) is 20.3 Å². The van der Waals surface area contributed by atoms with E-state index in [1.165, 1.54) is 14.0 Å². The number of rotatable bonds is 7. The van der Waals surface area contributed by atoms with Crippen LogP contribution >= 0.6 is 0 Å². The van der Waals surface area contributed by atoms with E-state index in [0.29, 0.717) is 24.9 Å². The zero-order valence-electron chi connectivity index (χ0n) is 23.4. The molecule has 1 aliphatic heterocycles. The van der Waals surface area contributed by atoms with Gasteiger partial charge in [-0.3, -0.25) is 4.79 Å². The Morgan fingerprint density at radius 3 is 2.47 bits per heavy atom. The molecule has 1 heterocycles. The first-order valence-electron chi connectivity index (χ1n) is 14.5. The van der Waals surface area contributed by atoms with E-state index in [1.54, 1.807) is 0 Å². The first-order chi connectivity index (χ1) is 17.9. The highest BCUT2D eigenvalue weighted by Gasteiger charge is 2.67. The molecule has 9 heteroatoms. The Balaban J connectivity index is 1.31. The van der Waals surface area contributed by atoms with Crippen molar-refractivity contribution in [3.8, 4) is 0 Å². The van der Waals surface area contributed by atoms with Crippen molar-refractivity contribution >= 4 is 5.97 Å². The van der Waals surface area contributed by atoms with E-state index < -0.39 is 36.3 Å². The molecular weight excluding hydrogens is 492 g/mol. The van der Waals surface area contributed by atoms with Crippen LogP contribution in [0.2, 0.25) is 0 Å². The Hall–Kier alpha value is -0.810. The molecule has 38 heavy (non-hydrogen) atoms. The Morgan fingerprint density at radius 1 is 1.03 bits per heavy atom. The minimum Gasteiger partial charge on any atom is -0.463 e. The van der Waals surface area contributed by atoms with E-state index >= 15 is 0 Å². The van der Waals surface area contributed by atoms with Crippen molar-refractivity contribution in [2.75, 3.05) is 26.9 Å². The van der Waals surface area contributed by atoms with Gasteiger partial charge < -0.3 is 39.4 Å². The summed E-state index contributed by atoms with van der Waals surface area (Å²) in [7, 11) is 1.42. The summed E-state index contributed by atoms with van der Waals surface area (Å²) in [5.41, 5.74) is -0.868. The Kier molecular flexibility index (Phi) is 7.73. The van der Waals surface area contributed by atoms with Gasteiger partial charge in [-0.2, -0.15) is 0 Å². The van der Waals surface area contributed by atoms with Crippen LogP contribution in [0.15, 0.2) is 0 Å². The molecule has 4 aliphatic carbocycles. The molecule has 5 rings (SSSR count). The quantitative estimate of drug-likeness (QED) is 0.358. The van der Waals surface area contributed by atoms with E-state index in [-0.39, 0.29) is 41.3 Å². The lowest BCUT2D eigenvalue weighted by atomic mass is 9.41. The zero-order valence-corrected chi connectivity index (χ0v) is 23.4. The highest BCUT2D eigenvalue weighted by molar-refractivity contribution is 5.66. The van der Waals surface area contributed by atoms with Crippen molar-refractivity contribution in [2.45, 2.75) is 115 Å². The second kappa shape index (κ2) is 10.2. The Morgan fingerprint density at radius 2 is 1.79 bits per heavy atom. The topological polar surface area (TPSA) is 135 Å². The second-order valence-corrected chi connectivity index (χ2v) is 13.8. The predicted molar refractivity (Wildman–Crippen MR) is 137 cm³/mol. The molecule has 0 amide bonds. The number of fused-ring (bicyclic) bond motifs is 3. The van der Waals surface area contributed by atoms with Gasteiger partial charge in [0.2, 0.25) is 0 Å². The summed E-state index contributed by atoms with van der Waals surface area (Å²) in [5.74, 6) is 0.762. The molecule has 0 aromatic heterocycles. The number of methoxy groups -OCH3 is 1. The van der Waals surface area contributed by atoms with E-state index in [1.807, 2.05) is 0 Å². The van der Waals surface area contributed by atoms with E-state index in [0.717, 1.165) is 51.4 Å². The van der Waals surface area contributed by atoms with Gasteiger partial charge in [0, 0.05) is 14.0 Å². The average molecular weight is 541 g/mol. The molecule has 2 bridgehead atoms. The molecule has 0 aromatic rings.